The van der Waals surface area contributed by atoms with Gasteiger partial charge in [0.1, 0.15) is 19.8 Å². The lowest BCUT2D eigenvalue weighted by Crippen LogP contribution is -2.37. The van der Waals surface area contributed by atoms with Crippen molar-refractivity contribution in [1.29, 1.82) is 0 Å². The molecule has 0 fully saturated rings. The van der Waals surface area contributed by atoms with E-state index < -0.39 is 26.5 Å². The number of nitrogens with zero attached hydrogens (tertiary/aromatic N) is 1. The van der Waals surface area contributed by atoms with Crippen LogP contribution >= 0.6 is 7.82 Å². The number of ether oxygens (including phenoxy) is 2. The molecule has 0 heterocycles. The van der Waals surface area contributed by atoms with Gasteiger partial charge in [-0.1, -0.05) is 142 Å². The average molecular weight is 719 g/mol. The molecule has 0 aromatic heterocycles. The van der Waals surface area contributed by atoms with Crippen LogP contribution in [-0.4, -0.2) is 74.9 Å². The lowest BCUT2D eigenvalue weighted by molar-refractivity contribution is -0.870. The van der Waals surface area contributed by atoms with Gasteiger partial charge in [0.15, 0.2) is 6.10 Å². The predicted molar refractivity (Wildman–Crippen MR) is 201 cm³/mol. The second-order valence-corrected chi connectivity index (χ2v) is 16.1. The molecule has 2 atom stereocenters. The highest BCUT2D eigenvalue weighted by molar-refractivity contribution is 7.47. The Balaban J connectivity index is 4.39. The number of quaternary nitrogens is 1. The molecule has 0 aliphatic rings. The fourth-order valence-corrected chi connectivity index (χ4v) is 6.09. The maximum atomic E-state index is 12.6. The van der Waals surface area contributed by atoms with Crippen molar-refractivity contribution < 1.29 is 42.1 Å². The minimum atomic E-state index is -4.36. The molecule has 0 rings (SSSR count). The summed E-state index contributed by atoms with van der Waals surface area (Å²) < 4.78 is 34.2. The summed E-state index contributed by atoms with van der Waals surface area (Å²) in [6, 6.07) is 0. The van der Waals surface area contributed by atoms with Gasteiger partial charge in [0.2, 0.25) is 0 Å². The predicted octanol–water partition coefficient (Wildman–Crippen LogP) is 10.6. The first kappa shape index (κ1) is 47.8. The second kappa shape index (κ2) is 32.6. The fourth-order valence-electron chi connectivity index (χ4n) is 5.35. The van der Waals surface area contributed by atoms with Crippen molar-refractivity contribution in [3.05, 3.63) is 12.2 Å². The molecular weight excluding hydrogens is 641 g/mol. The van der Waals surface area contributed by atoms with Crippen LogP contribution in [0.5, 0.6) is 0 Å². The highest BCUT2D eigenvalue weighted by atomic mass is 31.2. The van der Waals surface area contributed by atoms with E-state index in [1.807, 2.05) is 21.1 Å². The maximum absolute atomic E-state index is 12.6. The largest absolute Gasteiger partial charge is 0.472 e. The van der Waals surface area contributed by atoms with Gasteiger partial charge in [-0.15, -0.1) is 0 Å². The molecule has 0 radical (unpaired) electrons. The van der Waals surface area contributed by atoms with Crippen molar-refractivity contribution in [1.82, 2.24) is 0 Å². The number of likely N-dealkylation sites (N-methyl/N-ethyl adjacent to an activating group) is 1. The number of carbonyl (C=O) groups excluding carboxylic acids is 2. The fraction of sp³-hybridized carbons (Fsp3) is 0.897. The van der Waals surface area contributed by atoms with E-state index in [1.165, 1.54) is 83.5 Å². The quantitative estimate of drug-likeness (QED) is 0.0224. The zero-order chi connectivity index (χ0) is 36.5. The summed E-state index contributed by atoms with van der Waals surface area (Å²) in [6.07, 6.45) is 31.1. The SMILES string of the molecule is CCCC/C=C\CCCCCCCC(=O)O[C@H](COC(=O)CCCCCCCCCCCCCCCC)COP(=O)(O)OCC[N+](C)(C)C. The monoisotopic (exact) mass is 719 g/mol. The third-order valence-corrected chi connectivity index (χ3v) is 9.53. The molecule has 0 saturated carbocycles. The zero-order valence-electron chi connectivity index (χ0n) is 32.4. The summed E-state index contributed by atoms with van der Waals surface area (Å²) in [5.74, 6) is -0.805. The molecule has 1 N–H and O–H groups in total. The van der Waals surface area contributed by atoms with Crippen LogP contribution in [0.15, 0.2) is 12.2 Å². The van der Waals surface area contributed by atoms with E-state index in [2.05, 4.69) is 26.0 Å². The Bertz CT molecular complexity index is 860. The first-order valence-electron chi connectivity index (χ1n) is 19.9. The normalized spacial score (nSPS) is 13.8. The Morgan fingerprint density at radius 3 is 1.57 bits per heavy atom. The molecule has 0 aromatic carbocycles. The van der Waals surface area contributed by atoms with Gasteiger partial charge in [0.25, 0.3) is 0 Å². The number of rotatable bonds is 36. The van der Waals surface area contributed by atoms with Gasteiger partial charge < -0.3 is 18.9 Å². The summed E-state index contributed by atoms with van der Waals surface area (Å²) >= 11 is 0. The summed E-state index contributed by atoms with van der Waals surface area (Å²) in [6.45, 7) is 4.37. The van der Waals surface area contributed by atoms with Crippen LogP contribution < -0.4 is 0 Å². The minimum Gasteiger partial charge on any atom is -0.462 e. The molecular formula is C39H77NO8P+. The number of unbranched alkanes of at least 4 members (excludes halogenated alkanes) is 20. The highest BCUT2D eigenvalue weighted by Gasteiger charge is 2.27. The number of phosphoric ester groups is 1. The number of hydrogen-bond acceptors (Lipinski definition) is 7. The molecule has 0 bridgehead atoms. The van der Waals surface area contributed by atoms with Crippen LogP contribution in [0.2, 0.25) is 0 Å². The zero-order valence-corrected chi connectivity index (χ0v) is 33.3. The lowest BCUT2D eigenvalue weighted by atomic mass is 10.0. The Morgan fingerprint density at radius 1 is 0.612 bits per heavy atom. The Kier molecular flexibility index (Phi) is 31.8. The van der Waals surface area contributed by atoms with E-state index in [0.717, 1.165) is 57.8 Å². The summed E-state index contributed by atoms with van der Waals surface area (Å²) in [5, 5.41) is 0. The van der Waals surface area contributed by atoms with Gasteiger partial charge in [0.05, 0.1) is 27.7 Å². The second-order valence-electron chi connectivity index (χ2n) is 14.7. The number of allylic oxidation sites excluding steroid dienone is 2. The van der Waals surface area contributed by atoms with E-state index in [4.69, 9.17) is 18.5 Å². The van der Waals surface area contributed by atoms with E-state index in [0.29, 0.717) is 23.9 Å². The van der Waals surface area contributed by atoms with E-state index >= 15 is 0 Å². The molecule has 9 nitrogen and oxygen atoms in total. The number of carbonyl (C=O) groups is 2. The highest BCUT2D eigenvalue weighted by Crippen LogP contribution is 2.43. The van der Waals surface area contributed by atoms with Crippen LogP contribution in [0.1, 0.15) is 174 Å². The molecule has 0 saturated heterocycles. The smallest absolute Gasteiger partial charge is 0.462 e. The molecule has 290 valence electrons. The summed E-state index contributed by atoms with van der Waals surface area (Å²) in [7, 11) is 1.48. The molecule has 49 heavy (non-hydrogen) atoms. The van der Waals surface area contributed by atoms with Crippen LogP contribution in [-0.2, 0) is 32.7 Å². The lowest BCUT2D eigenvalue weighted by Gasteiger charge is -2.24. The Morgan fingerprint density at radius 2 is 1.06 bits per heavy atom. The number of esters is 2. The molecule has 0 aliphatic heterocycles. The minimum absolute atomic E-state index is 0.0328. The molecule has 0 spiro atoms. The van der Waals surface area contributed by atoms with Crippen molar-refractivity contribution in [3.63, 3.8) is 0 Å². The third kappa shape index (κ3) is 36.3. The van der Waals surface area contributed by atoms with Gasteiger partial charge >= 0.3 is 19.8 Å². The van der Waals surface area contributed by atoms with E-state index in [9.17, 15) is 19.0 Å². The van der Waals surface area contributed by atoms with Crippen molar-refractivity contribution in [2.24, 2.45) is 0 Å². The summed E-state index contributed by atoms with van der Waals surface area (Å²) in [5.41, 5.74) is 0. The number of hydrogen-bond donors (Lipinski definition) is 1. The first-order chi connectivity index (χ1) is 23.5. The average Bonchev–Trinajstić information content (AvgIpc) is 3.04. The van der Waals surface area contributed by atoms with Crippen molar-refractivity contribution >= 4 is 19.8 Å². The van der Waals surface area contributed by atoms with Crippen LogP contribution in [0, 0.1) is 0 Å². The van der Waals surface area contributed by atoms with Crippen molar-refractivity contribution in [3.8, 4) is 0 Å². The standard InChI is InChI=1S/C39H76NO8P/c1-6-8-10-12-14-16-18-19-20-22-23-25-27-29-31-38(41)45-35-37(36-47-49(43,44)46-34-33-40(3,4)5)48-39(42)32-30-28-26-24-21-17-15-13-11-9-7-2/h13,15,37H,6-12,14,16-36H2,1-5H3/p+1/b15-13-/t37-/m1/s1. The third-order valence-electron chi connectivity index (χ3n) is 8.55. The van der Waals surface area contributed by atoms with Gasteiger partial charge in [-0.25, -0.2) is 4.57 Å². The Hall–Kier alpha value is -1.25. The van der Waals surface area contributed by atoms with Gasteiger partial charge in [-0.05, 0) is 32.1 Å². The van der Waals surface area contributed by atoms with Crippen LogP contribution in [0.3, 0.4) is 0 Å². The first-order valence-corrected chi connectivity index (χ1v) is 21.4. The van der Waals surface area contributed by atoms with Crippen LogP contribution in [0.4, 0.5) is 0 Å². The number of phosphoric acid groups is 1. The molecule has 0 aromatic rings. The van der Waals surface area contributed by atoms with E-state index in [-0.39, 0.29) is 25.6 Å². The van der Waals surface area contributed by atoms with Gasteiger partial charge in [-0.2, -0.15) is 0 Å². The van der Waals surface area contributed by atoms with E-state index in [1.54, 1.807) is 0 Å². The maximum Gasteiger partial charge on any atom is 0.472 e. The Labute approximate surface area is 301 Å². The molecule has 1 unspecified atom stereocenters. The van der Waals surface area contributed by atoms with Crippen molar-refractivity contribution in [2.75, 3.05) is 47.5 Å². The van der Waals surface area contributed by atoms with Gasteiger partial charge in [0, 0.05) is 12.8 Å². The van der Waals surface area contributed by atoms with Gasteiger partial charge in [-0.3, -0.25) is 18.6 Å². The van der Waals surface area contributed by atoms with Crippen molar-refractivity contribution in [2.45, 2.75) is 180 Å². The molecule has 0 aliphatic carbocycles. The van der Waals surface area contributed by atoms with Crippen LogP contribution in [0.25, 0.3) is 0 Å². The molecule has 0 amide bonds. The topological polar surface area (TPSA) is 108 Å². The molecule has 10 heteroatoms. The summed E-state index contributed by atoms with van der Waals surface area (Å²) in [4.78, 5) is 35.2.